The summed E-state index contributed by atoms with van der Waals surface area (Å²) < 4.78 is 9.43. The number of hydrogen-bond donors (Lipinski definition) is 1. The van der Waals surface area contributed by atoms with E-state index in [0.29, 0.717) is 5.84 Å². The minimum Gasteiger partial charge on any atom is -0.455 e. The Bertz CT molecular complexity index is 3850. The first-order chi connectivity index (χ1) is 30.7. The normalized spacial score (nSPS) is 14.3. The smallest absolute Gasteiger partial charge is 0.160 e. The Morgan fingerprint density at radius 2 is 1.13 bits per heavy atom. The van der Waals surface area contributed by atoms with E-state index in [4.69, 9.17) is 14.4 Å². The maximum Gasteiger partial charge on any atom is 0.160 e. The summed E-state index contributed by atoms with van der Waals surface area (Å²) in [5.74, 6) is 1.40. The molecule has 2 aromatic heterocycles. The van der Waals surface area contributed by atoms with Crippen LogP contribution >= 0.6 is 0 Å². The van der Waals surface area contributed by atoms with Crippen LogP contribution in [0.5, 0.6) is 0 Å². The van der Waals surface area contributed by atoms with Gasteiger partial charge in [-0.1, -0.05) is 164 Å². The maximum absolute atomic E-state index is 7.05. The van der Waals surface area contributed by atoms with Crippen molar-refractivity contribution in [3.8, 4) is 16.8 Å². The van der Waals surface area contributed by atoms with Gasteiger partial charge in [-0.2, -0.15) is 0 Å². The fourth-order valence-corrected chi connectivity index (χ4v) is 9.68. The van der Waals surface area contributed by atoms with Gasteiger partial charge in [0, 0.05) is 44.1 Å². The number of fused-ring (bicyclic) bond motifs is 10. The lowest BCUT2D eigenvalue weighted by molar-refractivity contribution is 0.670. The van der Waals surface area contributed by atoms with E-state index in [9.17, 15) is 0 Å². The summed E-state index contributed by atoms with van der Waals surface area (Å²) in [6.07, 6.45) is -0.433. The summed E-state index contributed by atoms with van der Waals surface area (Å²) in [4.78, 5) is 10.9. The summed E-state index contributed by atoms with van der Waals surface area (Å²) in [6, 6.07) is 73.3. The predicted octanol–water partition coefficient (Wildman–Crippen LogP) is 14.3. The molecule has 62 heavy (non-hydrogen) atoms. The van der Waals surface area contributed by atoms with Crippen molar-refractivity contribution in [1.82, 2.24) is 9.88 Å². The third-order valence-corrected chi connectivity index (χ3v) is 12.6. The number of nitrogens with one attached hydrogen (secondary N) is 1. The molecule has 1 aliphatic heterocycles. The van der Waals surface area contributed by atoms with Crippen molar-refractivity contribution in [3.05, 3.63) is 223 Å². The number of nitrogens with zero attached hydrogens (tertiary/aromatic N) is 3. The molecule has 3 heterocycles. The molecule has 0 fully saturated rings. The number of aromatic nitrogens is 1. The molecule has 12 aromatic rings. The van der Waals surface area contributed by atoms with Crippen molar-refractivity contribution in [3.63, 3.8) is 0 Å². The van der Waals surface area contributed by atoms with Crippen LogP contribution in [0, 0.1) is 0 Å². The van der Waals surface area contributed by atoms with Crippen molar-refractivity contribution in [1.29, 1.82) is 0 Å². The average Bonchev–Trinajstić information content (AvgIpc) is 3.88. The van der Waals surface area contributed by atoms with Gasteiger partial charge in [0.1, 0.15) is 23.2 Å². The lowest BCUT2D eigenvalue weighted by Gasteiger charge is -2.25. The van der Waals surface area contributed by atoms with Gasteiger partial charge in [-0.05, 0) is 80.0 Å². The topological polar surface area (TPSA) is 54.8 Å². The van der Waals surface area contributed by atoms with Gasteiger partial charge >= 0.3 is 0 Å². The minimum absolute atomic E-state index is 0.433. The Balaban J connectivity index is 1.10. The van der Waals surface area contributed by atoms with E-state index in [1.54, 1.807) is 0 Å². The molecule has 5 nitrogen and oxygen atoms in total. The minimum atomic E-state index is -0.433. The molecule has 10 aromatic carbocycles. The summed E-state index contributed by atoms with van der Waals surface area (Å²) in [5, 5.41) is 15.2. The summed E-state index contributed by atoms with van der Waals surface area (Å²) >= 11 is 0. The summed E-state index contributed by atoms with van der Waals surface area (Å²) in [6.45, 7) is 0. The first-order valence-electron chi connectivity index (χ1n) is 21.1. The SMILES string of the molecule is c1ccc(-c2cccc(C3N=C(c4cccc5ccccc45)N=C(c4cc(-n5c6ccccc6c6cc7ccccc7cc65)cc5oc6c7ccccc7ccc6c45)N3)c2)cc1. The van der Waals surface area contributed by atoms with Crippen LogP contribution in [0.1, 0.15) is 22.9 Å². The average molecular weight is 793 g/mol. The van der Waals surface area contributed by atoms with Crippen LogP contribution in [0.3, 0.4) is 0 Å². The first-order valence-corrected chi connectivity index (χ1v) is 21.1. The van der Waals surface area contributed by atoms with E-state index >= 15 is 0 Å². The van der Waals surface area contributed by atoms with E-state index in [-0.39, 0.29) is 0 Å². The van der Waals surface area contributed by atoms with Gasteiger partial charge in [0.2, 0.25) is 0 Å². The van der Waals surface area contributed by atoms with Crippen molar-refractivity contribution < 1.29 is 4.42 Å². The van der Waals surface area contributed by atoms with E-state index in [0.717, 1.165) is 93.9 Å². The highest BCUT2D eigenvalue weighted by Crippen LogP contribution is 2.41. The first kappa shape index (κ1) is 34.6. The van der Waals surface area contributed by atoms with E-state index in [1.807, 2.05) is 0 Å². The van der Waals surface area contributed by atoms with Crippen LogP contribution in [0.2, 0.25) is 0 Å². The van der Waals surface area contributed by atoms with Crippen molar-refractivity contribution in [2.24, 2.45) is 9.98 Å². The molecule has 1 atom stereocenters. The molecular formula is C57H36N4O. The van der Waals surface area contributed by atoms with Crippen molar-refractivity contribution >= 4 is 87.7 Å². The van der Waals surface area contributed by atoms with E-state index < -0.39 is 6.17 Å². The Hall–Kier alpha value is -8.28. The quantitative estimate of drug-likeness (QED) is 0.189. The molecular weight excluding hydrogens is 757 g/mol. The molecule has 1 unspecified atom stereocenters. The monoisotopic (exact) mass is 792 g/mol. The van der Waals surface area contributed by atoms with Crippen LogP contribution in [0.4, 0.5) is 0 Å². The molecule has 13 rings (SSSR count). The molecule has 0 spiro atoms. The van der Waals surface area contributed by atoms with Crippen LogP contribution in [0.15, 0.2) is 221 Å². The highest BCUT2D eigenvalue weighted by Gasteiger charge is 2.27. The highest BCUT2D eigenvalue weighted by molar-refractivity contribution is 6.26. The third kappa shape index (κ3) is 5.42. The van der Waals surface area contributed by atoms with Gasteiger partial charge in [-0.3, -0.25) is 0 Å². The van der Waals surface area contributed by atoms with Gasteiger partial charge in [0.05, 0.1) is 16.7 Å². The van der Waals surface area contributed by atoms with Gasteiger partial charge in [0.25, 0.3) is 0 Å². The molecule has 0 saturated carbocycles. The van der Waals surface area contributed by atoms with Crippen LogP contribution < -0.4 is 5.32 Å². The lowest BCUT2D eigenvalue weighted by atomic mass is 9.99. The fraction of sp³-hybridized carbons (Fsp3) is 0.0175. The summed E-state index contributed by atoms with van der Waals surface area (Å²) in [7, 11) is 0. The molecule has 0 aliphatic carbocycles. The second-order valence-electron chi connectivity index (χ2n) is 16.2. The lowest BCUT2D eigenvalue weighted by Crippen LogP contribution is -2.33. The zero-order valence-corrected chi connectivity index (χ0v) is 33.5. The Kier molecular flexibility index (Phi) is 7.60. The van der Waals surface area contributed by atoms with Crippen LogP contribution in [-0.4, -0.2) is 16.2 Å². The number of hydrogen-bond acceptors (Lipinski definition) is 4. The second-order valence-corrected chi connectivity index (χ2v) is 16.2. The van der Waals surface area contributed by atoms with Gasteiger partial charge in [-0.25, -0.2) is 9.98 Å². The summed E-state index contributed by atoms with van der Waals surface area (Å²) in [5.41, 5.74) is 10.1. The zero-order valence-electron chi connectivity index (χ0n) is 33.5. The number of furan rings is 1. The molecule has 0 amide bonds. The maximum atomic E-state index is 7.05. The molecule has 290 valence electrons. The predicted molar refractivity (Wildman–Crippen MR) is 258 cm³/mol. The van der Waals surface area contributed by atoms with Crippen LogP contribution in [-0.2, 0) is 0 Å². The molecule has 0 bridgehead atoms. The molecule has 0 radical (unpaired) electrons. The Morgan fingerprint density at radius 3 is 1.98 bits per heavy atom. The van der Waals surface area contributed by atoms with Crippen molar-refractivity contribution in [2.45, 2.75) is 6.17 Å². The largest absolute Gasteiger partial charge is 0.455 e. The number of aliphatic imine (C=N–C) groups is 2. The van der Waals surface area contributed by atoms with E-state index in [2.05, 4.69) is 216 Å². The number of para-hydroxylation sites is 1. The Labute approximate surface area is 356 Å². The standard InChI is InChI=1S/C57H36N4O/c1-2-14-35(15-3-1)38-21-12-22-41(30-38)55-58-56(46-26-13-20-36-16-6-8-23-43(36)46)60-57(59-55)49-33-42(34-52-53(49)47-29-28-37-17-7-9-24-44(37)54(47)62-52)61-50-27-11-10-25-45(50)48-31-39-18-4-5-19-40(39)32-51(48)61/h1-34,55H,(H,58,59,60). The van der Waals surface area contributed by atoms with Crippen LogP contribution in [0.25, 0.3) is 92.9 Å². The number of rotatable bonds is 5. The third-order valence-electron chi connectivity index (χ3n) is 12.6. The molecule has 1 N–H and O–H groups in total. The van der Waals surface area contributed by atoms with Gasteiger partial charge in [0.15, 0.2) is 5.84 Å². The second kappa shape index (κ2) is 13.6. The number of amidine groups is 2. The molecule has 0 saturated heterocycles. The van der Waals surface area contributed by atoms with Gasteiger partial charge in [-0.15, -0.1) is 0 Å². The van der Waals surface area contributed by atoms with Gasteiger partial charge < -0.3 is 14.3 Å². The Morgan fingerprint density at radius 1 is 0.452 bits per heavy atom. The zero-order chi connectivity index (χ0) is 40.7. The molecule has 5 heteroatoms. The fourth-order valence-electron chi connectivity index (χ4n) is 9.68. The van der Waals surface area contributed by atoms with Crippen molar-refractivity contribution in [2.75, 3.05) is 0 Å². The number of benzene rings is 10. The molecule has 1 aliphatic rings. The van der Waals surface area contributed by atoms with E-state index in [1.165, 1.54) is 21.5 Å². The highest BCUT2D eigenvalue weighted by atomic mass is 16.3.